The van der Waals surface area contributed by atoms with Gasteiger partial charge >= 0.3 is 0 Å². The second-order valence-electron chi connectivity index (χ2n) is 5.93. The van der Waals surface area contributed by atoms with Crippen molar-refractivity contribution in [2.24, 2.45) is 0 Å². The topological polar surface area (TPSA) is 19.9 Å². The van der Waals surface area contributed by atoms with Crippen molar-refractivity contribution in [3.63, 3.8) is 0 Å². The first kappa shape index (κ1) is 12.5. The Kier molecular flexibility index (Phi) is 2.42. The van der Waals surface area contributed by atoms with Gasteiger partial charge in [0.15, 0.2) is 5.75 Å². The predicted molar refractivity (Wildman–Crippen MR) is 96.6 cm³/mol. The Morgan fingerprint density at radius 3 is 1.96 bits per heavy atom. The van der Waals surface area contributed by atoms with Crippen molar-refractivity contribution < 1.29 is 5.11 Å². The van der Waals surface area contributed by atoms with E-state index in [0.717, 1.165) is 21.5 Å². The molecule has 5 aromatic carbocycles. The van der Waals surface area contributed by atoms with Crippen LogP contribution in [0.25, 0.3) is 43.1 Å². The van der Waals surface area contributed by atoms with E-state index < -0.39 is 0 Å². The maximum atomic E-state index is 12.6. The van der Waals surface area contributed by atoms with Crippen molar-refractivity contribution in [1.82, 2.24) is 0 Å². The lowest BCUT2D eigenvalue weighted by molar-refractivity contribution is 0.360. The number of benzene rings is 5. The summed E-state index contributed by atoms with van der Waals surface area (Å²) in [5, 5.41) is 21.4. The summed E-state index contributed by atoms with van der Waals surface area (Å²) in [6.07, 6.45) is 0. The number of hydrogen-bond donors (Lipinski definition) is 0. The molecule has 0 atom stereocenters. The Morgan fingerprint density at radius 1 is 0.435 bits per heavy atom. The van der Waals surface area contributed by atoms with Crippen LogP contribution in [0.2, 0.25) is 0 Å². The molecule has 0 bridgehead atoms. The van der Waals surface area contributed by atoms with E-state index in [2.05, 4.69) is 48.5 Å². The maximum Gasteiger partial charge on any atom is 0.187 e. The minimum absolute atomic E-state index is 0.0912. The van der Waals surface area contributed by atoms with E-state index in [0.29, 0.717) is 0 Å². The Morgan fingerprint density at radius 2 is 1.09 bits per heavy atom. The molecule has 0 unspecified atom stereocenters. The van der Waals surface area contributed by atoms with E-state index in [1.54, 1.807) is 6.07 Å². The van der Waals surface area contributed by atoms with E-state index >= 15 is 0 Å². The molecule has 1 radical (unpaired) electrons. The molecule has 0 fully saturated rings. The second-order valence-corrected chi connectivity index (χ2v) is 5.93. The fourth-order valence-electron chi connectivity index (χ4n) is 3.74. The smallest absolute Gasteiger partial charge is 0.187 e. The lowest BCUT2D eigenvalue weighted by atomic mass is 9.91. The molecule has 0 N–H and O–H groups in total. The molecule has 1 heteroatoms. The van der Waals surface area contributed by atoms with Crippen molar-refractivity contribution in [2.45, 2.75) is 0 Å². The Bertz CT molecular complexity index is 1220. The van der Waals surface area contributed by atoms with Crippen LogP contribution in [-0.2, 0) is 5.11 Å². The van der Waals surface area contributed by atoms with Crippen LogP contribution in [0.4, 0.5) is 0 Å². The molecule has 107 valence electrons. The highest BCUT2D eigenvalue weighted by Gasteiger charge is 2.13. The third-order valence-corrected chi connectivity index (χ3v) is 4.71. The maximum absolute atomic E-state index is 12.6. The minimum atomic E-state index is 0.0912. The highest BCUT2D eigenvalue weighted by atomic mass is 16.3. The molecule has 0 aliphatic rings. The zero-order valence-electron chi connectivity index (χ0n) is 12.4. The van der Waals surface area contributed by atoms with Gasteiger partial charge < -0.3 is 0 Å². The zero-order valence-corrected chi connectivity index (χ0v) is 12.4. The van der Waals surface area contributed by atoms with Crippen molar-refractivity contribution in [2.75, 3.05) is 0 Å². The van der Waals surface area contributed by atoms with Gasteiger partial charge in [0, 0.05) is 5.39 Å². The van der Waals surface area contributed by atoms with E-state index in [-0.39, 0.29) is 5.75 Å². The lowest BCUT2D eigenvalue weighted by Crippen LogP contribution is -1.85. The SMILES string of the molecule is [O]c1cccc2c1c1ccccc1c1ccc3ccccc3c12. The molecular weight excluding hydrogens is 280 g/mol. The molecule has 1 nitrogen and oxygen atoms in total. The van der Waals surface area contributed by atoms with Crippen molar-refractivity contribution in [3.05, 3.63) is 78.9 Å². The summed E-state index contributed by atoms with van der Waals surface area (Å²) in [7, 11) is 0. The van der Waals surface area contributed by atoms with Gasteiger partial charge in [-0.15, -0.1) is 0 Å². The van der Waals surface area contributed by atoms with Gasteiger partial charge in [-0.1, -0.05) is 72.8 Å². The van der Waals surface area contributed by atoms with Gasteiger partial charge in [-0.3, -0.25) is 5.11 Å². The third-order valence-electron chi connectivity index (χ3n) is 4.71. The first-order valence-corrected chi connectivity index (χ1v) is 7.76. The quantitative estimate of drug-likeness (QED) is 0.293. The molecule has 0 aromatic heterocycles. The Labute approximate surface area is 133 Å². The molecular formula is C22H13O. The third kappa shape index (κ3) is 1.62. The summed E-state index contributed by atoms with van der Waals surface area (Å²) in [6.45, 7) is 0. The predicted octanol–water partition coefficient (Wildman–Crippen LogP) is 6.44. The van der Waals surface area contributed by atoms with Gasteiger partial charge in [-0.2, -0.15) is 0 Å². The molecule has 0 aliphatic heterocycles. The van der Waals surface area contributed by atoms with Crippen molar-refractivity contribution >= 4 is 43.1 Å². The molecule has 0 heterocycles. The summed E-state index contributed by atoms with van der Waals surface area (Å²) in [5.41, 5.74) is 0. The molecule has 0 saturated carbocycles. The van der Waals surface area contributed by atoms with E-state index in [9.17, 15) is 5.11 Å². The van der Waals surface area contributed by atoms with Crippen LogP contribution in [0.15, 0.2) is 78.9 Å². The standard InChI is InChI=1S/C22H13O/c23-20-11-5-10-19-21-15-7-2-1-6-14(15)12-13-18(21)16-8-3-4-9-17(16)22(19)20/h1-13H. The largest absolute Gasteiger partial charge is 0.289 e. The highest BCUT2D eigenvalue weighted by molar-refractivity contribution is 6.32. The average molecular weight is 293 g/mol. The highest BCUT2D eigenvalue weighted by Crippen LogP contribution is 2.41. The van der Waals surface area contributed by atoms with Crippen LogP contribution in [-0.4, -0.2) is 0 Å². The zero-order chi connectivity index (χ0) is 15.4. The van der Waals surface area contributed by atoms with E-state index in [1.165, 1.54) is 21.5 Å². The molecule has 23 heavy (non-hydrogen) atoms. The van der Waals surface area contributed by atoms with Gasteiger partial charge in [-0.05, 0) is 43.8 Å². The van der Waals surface area contributed by atoms with Crippen molar-refractivity contribution in [1.29, 1.82) is 0 Å². The molecule has 5 rings (SSSR count). The summed E-state index contributed by atoms with van der Waals surface area (Å²) < 4.78 is 0. The van der Waals surface area contributed by atoms with Gasteiger partial charge in [0.05, 0.1) is 0 Å². The second kappa shape index (κ2) is 4.47. The van der Waals surface area contributed by atoms with Crippen LogP contribution in [0.3, 0.4) is 0 Å². The van der Waals surface area contributed by atoms with Crippen LogP contribution >= 0.6 is 0 Å². The summed E-state index contributed by atoms with van der Waals surface area (Å²) in [6, 6.07) is 26.5. The molecule has 5 aromatic rings. The lowest BCUT2D eigenvalue weighted by Gasteiger charge is -2.12. The minimum Gasteiger partial charge on any atom is -0.289 e. The summed E-state index contributed by atoms with van der Waals surface area (Å²) in [4.78, 5) is 0. The fourth-order valence-corrected chi connectivity index (χ4v) is 3.74. The van der Waals surface area contributed by atoms with E-state index in [4.69, 9.17) is 0 Å². The first-order valence-electron chi connectivity index (χ1n) is 7.76. The average Bonchev–Trinajstić information content (AvgIpc) is 2.61. The van der Waals surface area contributed by atoms with Gasteiger partial charge in [-0.25, -0.2) is 0 Å². The van der Waals surface area contributed by atoms with Crippen LogP contribution < -0.4 is 0 Å². The monoisotopic (exact) mass is 293 g/mol. The Balaban J connectivity index is 2.25. The summed E-state index contributed by atoms with van der Waals surface area (Å²) in [5.74, 6) is 0.0912. The van der Waals surface area contributed by atoms with Gasteiger partial charge in [0.25, 0.3) is 0 Å². The number of hydrogen-bond acceptors (Lipinski definition) is 0. The van der Waals surface area contributed by atoms with E-state index in [1.807, 2.05) is 24.3 Å². The fraction of sp³-hybridized carbons (Fsp3) is 0. The normalized spacial score (nSPS) is 11.7. The van der Waals surface area contributed by atoms with Crippen molar-refractivity contribution in [3.8, 4) is 5.75 Å². The molecule has 0 saturated heterocycles. The van der Waals surface area contributed by atoms with Gasteiger partial charge in [0.2, 0.25) is 0 Å². The van der Waals surface area contributed by atoms with Crippen LogP contribution in [0.1, 0.15) is 0 Å². The molecule has 0 aliphatic carbocycles. The van der Waals surface area contributed by atoms with Crippen LogP contribution in [0, 0.1) is 0 Å². The molecule has 0 spiro atoms. The van der Waals surface area contributed by atoms with Crippen LogP contribution in [0.5, 0.6) is 5.75 Å². The molecule has 0 amide bonds. The number of rotatable bonds is 0. The van der Waals surface area contributed by atoms with Gasteiger partial charge in [0.1, 0.15) is 0 Å². The number of fused-ring (bicyclic) bond motifs is 8. The summed E-state index contributed by atoms with van der Waals surface area (Å²) >= 11 is 0. The Hall–Kier alpha value is -3.06. The first-order chi connectivity index (χ1) is 11.3.